The lowest BCUT2D eigenvalue weighted by Crippen LogP contribution is -2.59. The first-order chi connectivity index (χ1) is 20.7. The zero-order valence-corrected chi connectivity index (χ0v) is 24.6. The zero-order valence-electron chi connectivity index (χ0n) is 24.6. The van der Waals surface area contributed by atoms with Gasteiger partial charge < -0.3 is 59.4 Å². The molecule has 17 heteroatoms. The van der Waals surface area contributed by atoms with Gasteiger partial charge in [-0.15, -0.1) is 0 Å². The first-order valence-electron chi connectivity index (χ1n) is 13.9. The number of hydrogen-bond acceptors (Lipinski definition) is 9. The number of aliphatic imine (C=N–C) groups is 1. The molecule has 15 N–H and O–H groups in total. The normalized spacial score (nSPS) is 15.1. The summed E-state index contributed by atoms with van der Waals surface area (Å²) in [5, 5.41) is 29.9. The molecule has 1 aromatic heterocycles. The number of hydrogen-bond donors (Lipinski definition) is 11. The van der Waals surface area contributed by atoms with Gasteiger partial charge in [0.05, 0.1) is 12.7 Å². The Balaban J connectivity index is 2.04. The van der Waals surface area contributed by atoms with Crippen LogP contribution in [-0.4, -0.2) is 100 Å². The van der Waals surface area contributed by atoms with Crippen LogP contribution in [0.3, 0.4) is 0 Å². The standard InChI is InChI=1S/C27H42N10O7/c1-13(23(41)36-19(22(29)40)10-15-11-33-17-7-4-3-6-16(15)17)34-25(43)20(12-38)37-24(42)18(8-5-9-32-27(30)31)35-26(44)21(28)14(2)39/h3-4,6-7,11,13-14,18-21,33,38-39H,5,8-10,12,28H2,1-2H3,(H2,29,40)(H,34,43)(H,35,44)(H,36,41)(H,37,42)(H4,30,31,32)/t13-,14+,18-,19-,20-,21+/m0/s1. The van der Waals surface area contributed by atoms with Gasteiger partial charge in [0.1, 0.15) is 30.2 Å². The maximum Gasteiger partial charge on any atom is 0.245 e. The number of guanidine groups is 1. The number of aliphatic hydroxyl groups excluding tert-OH is 2. The molecule has 0 radical (unpaired) electrons. The molecule has 0 aliphatic heterocycles. The maximum atomic E-state index is 13.0. The van der Waals surface area contributed by atoms with Crippen molar-refractivity contribution in [2.75, 3.05) is 13.2 Å². The fourth-order valence-electron chi connectivity index (χ4n) is 4.15. The number of amides is 5. The number of rotatable bonds is 17. The summed E-state index contributed by atoms with van der Waals surface area (Å²) in [6, 6.07) is 1.03. The molecule has 242 valence electrons. The molecule has 1 heterocycles. The van der Waals surface area contributed by atoms with E-state index in [1.807, 2.05) is 24.3 Å². The minimum atomic E-state index is -1.52. The average molecular weight is 619 g/mol. The number of primary amides is 1. The van der Waals surface area contributed by atoms with Crippen molar-refractivity contribution in [2.45, 2.75) is 69.4 Å². The second-order valence-electron chi connectivity index (χ2n) is 10.3. The van der Waals surface area contributed by atoms with Crippen LogP contribution >= 0.6 is 0 Å². The highest BCUT2D eigenvalue weighted by Gasteiger charge is 2.30. The minimum absolute atomic E-state index is 0.0182. The molecule has 2 aromatic rings. The smallest absolute Gasteiger partial charge is 0.245 e. The molecule has 17 nitrogen and oxygen atoms in total. The van der Waals surface area contributed by atoms with E-state index in [0.717, 1.165) is 16.5 Å². The van der Waals surface area contributed by atoms with E-state index >= 15 is 0 Å². The van der Waals surface area contributed by atoms with Crippen molar-refractivity contribution >= 4 is 46.4 Å². The van der Waals surface area contributed by atoms with Gasteiger partial charge in [-0.2, -0.15) is 0 Å². The van der Waals surface area contributed by atoms with Crippen LogP contribution in [0.2, 0.25) is 0 Å². The van der Waals surface area contributed by atoms with E-state index in [9.17, 15) is 34.2 Å². The van der Waals surface area contributed by atoms with Crippen LogP contribution in [0.5, 0.6) is 0 Å². The van der Waals surface area contributed by atoms with Crippen molar-refractivity contribution in [3.8, 4) is 0 Å². The summed E-state index contributed by atoms with van der Waals surface area (Å²) in [4.78, 5) is 70.2. The third-order valence-corrected chi connectivity index (χ3v) is 6.73. The summed E-state index contributed by atoms with van der Waals surface area (Å²) in [6.45, 7) is 1.93. The van der Waals surface area contributed by atoms with Gasteiger partial charge in [-0.1, -0.05) is 18.2 Å². The molecular weight excluding hydrogens is 576 g/mol. The van der Waals surface area contributed by atoms with Gasteiger partial charge in [-0.3, -0.25) is 29.0 Å². The Kier molecular flexibility index (Phi) is 13.5. The van der Waals surface area contributed by atoms with E-state index in [2.05, 4.69) is 31.2 Å². The fraction of sp³-hybridized carbons (Fsp3) is 0.481. The van der Waals surface area contributed by atoms with Gasteiger partial charge in [0.25, 0.3) is 0 Å². The van der Waals surface area contributed by atoms with E-state index in [0.29, 0.717) is 0 Å². The highest BCUT2D eigenvalue weighted by atomic mass is 16.3. The number of carbonyl (C=O) groups is 5. The van der Waals surface area contributed by atoms with Gasteiger partial charge in [-0.05, 0) is 38.3 Å². The highest BCUT2D eigenvalue weighted by Crippen LogP contribution is 2.19. The van der Waals surface area contributed by atoms with Crippen molar-refractivity contribution < 1.29 is 34.2 Å². The molecule has 0 unspecified atom stereocenters. The van der Waals surface area contributed by atoms with Crippen LogP contribution in [0.15, 0.2) is 35.5 Å². The Bertz CT molecular complexity index is 1340. The van der Waals surface area contributed by atoms with Crippen molar-refractivity contribution in [1.29, 1.82) is 0 Å². The van der Waals surface area contributed by atoms with E-state index in [1.165, 1.54) is 13.8 Å². The predicted molar refractivity (Wildman–Crippen MR) is 161 cm³/mol. The third-order valence-electron chi connectivity index (χ3n) is 6.73. The number of aliphatic hydroxyl groups is 2. The largest absolute Gasteiger partial charge is 0.394 e. The quantitative estimate of drug-likeness (QED) is 0.0462. The highest BCUT2D eigenvalue weighted by molar-refractivity contribution is 5.96. The SMILES string of the molecule is C[C@H](NC(=O)[C@H](CO)NC(=O)[C@H](CCCN=C(N)N)NC(=O)[C@H](N)[C@@H](C)O)C(=O)N[C@@H](Cc1c[nH]c2ccccc12)C(N)=O. The second-order valence-corrected chi connectivity index (χ2v) is 10.3. The summed E-state index contributed by atoms with van der Waals surface area (Å²) in [5.74, 6) is -4.27. The topological polar surface area (TPSA) is 306 Å². The number of nitrogens with zero attached hydrogens (tertiary/aromatic N) is 1. The van der Waals surface area contributed by atoms with Crippen molar-refractivity contribution in [2.24, 2.45) is 27.9 Å². The molecule has 0 bridgehead atoms. The molecule has 0 saturated carbocycles. The molecule has 5 amide bonds. The Morgan fingerprint density at radius 2 is 1.50 bits per heavy atom. The maximum absolute atomic E-state index is 13.0. The molecule has 44 heavy (non-hydrogen) atoms. The first kappa shape index (κ1) is 35.5. The number of fused-ring (bicyclic) bond motifs is 1. The Morgan fingerprint density at radius 3 is 2.11 bits per heavy atom. The number of benzene rings is 1. The van der Waals surface area contributed by atoms with Crippen molar-refractivity contribution in [1.82, 2.24) is 26.3 Å². The van der Waals surface area contributed by atoms with Crippen LogP contribution in [0.4, 0.5) is 0 Å². The van der Waals surface area contributed by atoms with Gasteiger partial charge in [0.2, 0.25) is 29.5 Å². The van der Waals surface area contributed by atoms with E-state index in [1.54, 1.807) is 6.20 Å². The Hall–Kier alpha value is -4.74. The van der Waals surface area contributed by atoms with Gasteiger partial charge >= 0.3 is 0 Å². The predicted octanol–water partition coefficient (Wildman–Crippen LogP) is -4.09. The number of nitrogens with two attached hydrogens (primary N) is 4. The molecular formula is C27H42N10O7. The van der Waals surface area contributed by atoms with E-state index in [4.69, 9.17) is 22.9 Å². The number of nitrogens with one attached hydrogen (secondary N) is 5. The second kappa shape index (κ2) is 16.8. The van der Waals surface area contributed by atoms with Gasteiger partial charge in [0, 0.05) is 30.1 Å². The lowest BCUT2D eigenvalue weighted by atomic mass is 10.0. The number of aromatic amines is 1. The molecule has 6 atom stereocenters. The summed E-state index contributed by atoms with van der Waals surface area (Å²) in [6.07, 6.45) is 0.856. The average Bonchev–Trinajstić information content (AvgIpc) is 3.38. The van der Waals surface area contributed by atoms with Crippen molar-refractivity contribution in [3.63, 3.8) is 0 Å². The molecule has 2 rings (SSSR count). The van der Waals surface area contributed by atoms with Crippen LogP contribution in [0.25, 0.3) is 10.9 Å². The molecule has 0 aliphatic rings. The monoisotopic (exact) mass is 618 g/mol. The molecule has 0 spiro atoms. The van der Waals surface area contributed by atoms with E-state index in [-0.39, 0.29) is 31.8 Å². The minimum Gasteiger partial charge on any atom is -0.394 e. The van der Waals surface area contributed by atoms with Crippen molar-refractivity contribution in [3.05, 3.63) is 36.0 Å². The molecule has 0 aliphatic carbocycles. The summed E-state index contributed by atoms with van der Waals surface area (Å²) in [5.41, 5.74) is 23.4. The molecule has 1 aromatic carbocycles. The summed E-state index contributed by atoms with van der Waals surface area (Å²) >= 11 is 0. The van der Waals surface area contributed by atoms with Crippen LogP contribution < -0.4 is 44.2 Å². The number of para-hydroxylation sites is 1. The number of H-pyrrole nitrogens is 1. The van der Waals surface area contributed by atoms with E-state index < -0.39 is 72.5 Å². The van der Waals surface area contributed by atoms with Gasteiger partial charge in [-0.25, -0.2) is 0 Å². The number of carbonyl (C=O) groups excluding carboxylic acids is 5. The zero-order chi connectivity index (χ0) is 33.0. The molecule has 0 fully saturated rings. The summed E-state index contributed by atoms with van der Waals surface area (Å²) in [7, 11) is 0. The summed E-state index contributed by atoms with van der Waals surface area (Å²) < 4.78 is 0. The fourth-order valence-corrected chi connectivity index (χ4v) is 4.15. The lowest BCUT2D eigenvalue weighted by molar-refractivity contribution is -0.135. The first-order valence-corrected chi connectivity index (χ1v) is 13.9. The Morgan fingerprint density at radius 1 is 0.886 bits per heavy atom. The van der Waals surface area contributed by atoms with Gasteiger partial charge in [0.15, 0.2) is 5.96 Å². The molecule has 0 saturated heterocycles. The third kappa shape index (κ3) is 10.5. The van der Waals surface area contributed by atoms with Crippen LogP contribution in [-0.2, 0) is 30.4 Å². The Labute approximate surface area is 253 Å². The lowest BCUT2D eigenvalue weighted by Gasteiger charge is -2.25. The number of aromatic nitrogens is 1. The van der Waals surface area contributed by atoms with Crippen LogP contribution in [0.1, 0.15) is 32.3 Å². The van der Waals surface area contributed by atoms with Crippen LogP contribution in [0, 0.1) is 0 Å².